The summed E-state index contributed by atoms with van der Waals surface area (Å²) in [7, 11) is 0. The van der Waals surface area contributed by atoms with Crippen molar-refractivity contribution in [2.45, 2.75) is 18.9 Å². The van der Waals surface area contributed by atoms with E-state index in [9.17, 15) is 4.79 Å². The number of anilines is 2. The molecule has 0 aliphatic carbocycles. The van der Waals surface area contributed by atoms with Gasteiger partial charge in [0, 0.05) is 23.8 Å². The molecule has 9 heteroatoms. The zero-order chi connectivity index (χ0) is 20.9. The van der Waals surface area contributed by atoms with E-state index >= 15 is 0 Å². The lowest BCUT2D eigenvalue weighted by molar-refractivity contribution is -0.114. The van der Waals surface area contributed by atoms with Gasteiger partial charge in [0.05, 0.1) is 29.0 Å². The van der Waals surface area contributed by atoms with Crippen LogP contribution in [0.5, 0.6) is 17.2 Å². The van der Waals surface area contributed by atoms with Gasteiger partial charge in [-0.15, -0.1) is 0 Å². The van der Waals surface area contributed by atoms with Crippen LogP contribution in [0.3, 0.4) is 0 Å². The van der Waals surface area contributed by atoms with Crippen molar-refractivity contribution < 1.29 is 23.7 Å². The minimum Gasteiger partial charge on any atom is -0.489 e. The summed E-state index contributed by atoms with van der Waals surface area (Å²) in [6.07, 6.45) is 2.12. The lowest BCUT2D eigenvalue weighted by Gasteiger charge is -2.20. The van der Waals surface area contributed by atoms with Gasteiger partial charge in [-0.05, 0) is 31.0 Å². The summed E-state index contributed by atoms with van der Waals surface area (Å²) < 4.78 is 22.5. The standard InChI is InChI=1S/C21H22Cl2N2O5/c22-13-3-4-18(30-12-14-2-1-5-27-14)17(8-13)24-11-21(26)25-16-10-20-19(9-15(16)23)28-6-7-29-20/h3-4,8-10,14,24H,1-2,5-7,11-12H2,(H,25,26). The molecule has 0 saturated carbocycles. The SMILES string of the molecule is O=C(CNc1cc(Cl)ccc1OCC1CCCO1)Nc1cc2c(cc1Cl)OCCO2. The monoisotopic (exact) mass is 452 g/mol. The van der Waals surface area contributed by atoms with Gasteiger partial charge in [0.25, 0.3) is 0 Å². The molecule has 1 amide bonds. The number of carbonyl (C=O) groups excluding carboxylic acids is 1. The molecule has 0 radical (unpaired) electrons. The van der Waals surface area contributed by atoms with E-state index in [1.807, 2.05) is 0 Å². The Morgan fingerprint density at radius 1 is 1.07 bits per heavy atom. The summed E-state index contributed by atoms with van der Waals surface area (Å²) in [5.74, 6) is 1.45. The maximum absolute atomic E-state index is 12.5. The number of ether oxygens (including phenoxy) is 4. The molecule has 7 nitrogen and oxygen atoms in total. The molecule has 0 aromatic heterocycles. The highest BCUT2D eigenvalue weighted by molar-refractivity contribution is 6.34. The minimum absolute atomic E-state index is 0.00139. The Morgan fingerprint density at radius 2 is 1.87 bits per heavy atom. The Balaban J connectivity index is 1.37. The van der Waals surface area contributed by atoms with E-state index in [1.165, 1.54) is 0 Å². The molecule has 2 aromatic rings. The minimum atomic E-state index is -0.279. The smallest absolute Gasteiger partial charge is 0.243 e. The van der Waals surface area contributed by atoms with Crippen molar-refractivity contribution in [2.75, 3.05) is 43.6 Å². The number of benzene rings is 2. The van der Waals surface area contributed by atoms with Crippen LogP contribution in [0.4, 0.5) is 11.4 Å². The lowest BCUT2D eigenvalue weighted by Crippen LogP contribution is -2.23. The molecule has 160 valence electrons. The summed E-state index contributed by atoms with van der Waals surface area (Å²) in [5, 5.41) is 6.76. The van der Waals surface area contributed by atoms with Gasteiger partial charge >= 0.3 is 0 Å². The van der Waals surface area contributed by atoms with Crippen molar-refractivity contribution in [3.05, 3.63) is 40.4 Å². The number of fused-ring (bicyclic) bond motifs is 1. The maximum Gasteiger partial charge on any atom is 0.243 e. The molecule has 2 aliphatic rings. The molecule has 2 aromatic carbocycles. The third-order valence-corrected chi connectivity index (χ3v) is 5.28. The molecular weight excluding hydrogens is 431 g/mol. The predicted octanol–water partition coefficient (Wildman–Crippen LogP) is 4.37. The molecule has 1 atom stereocenters. The Morgan fingerprint density at radius 3 is 2.63 bits per heavy atom. The average Bonchev–Trinajstić information content (AvgIpc) is 3.26. The normalized spacial score (nSPS) is 17.5. The summed E-state index contributed by atoms with van der Waals surface area (Å²) >= 11 is 12.4. The van der Waals surface area contributed by atoms with Crippen LogP contribution in [-0.4, -0.2) is 45.0 Å². The Hall–Kier alpha value is -2.35. The van der Waals surface area contributed by atoms with Crippen LogP contribution < -0.4 is 24.8 Å². The second-order valence-electron chi connectivity index (χ2n) is 6.96. The zero-order valence-corrected chi connectivity index (χ0v) is 17.7. The van der Waals surface area contributed by atoms with Crippen LogP contribution >= 0.6 is 23.2 Å². The Bertz CT molecular complexity index is 919. The molecule has 1 saturated heterocycles. The lowest BCUT2D eigenvalue weighted by atomic mass is 10.2. The van der Waals surface area contributed by atoms with Gasteiger partial charge in [-0.2, -0.15) is 0 Å². The van der Waals surface area contributed by atoms with Gasteiger partial charge in [-0.25, -0.2) is 0 Å². The zero-order valence-electron chi connectivity index (χ0n) is 16.2. The summed E-state index contributed by atoms with van der Waals surface area (Å²) in [4.78, 5) is 12.5. The van der Waals surface area contributed by atoms with Crippen LogP contribution in [0.25, 0.3) is 0 Å². The van der Waals surface area contributed by atoms with E-state index in [2.05, 4.69) is 10.6 Å². The molecule has 2 N–H and O–H groups in total. The highest BCUT2D eigenvalue weighted by Crippen LogP contribution is 2.38. The maximum atomic E-state index is 12.5. The third kappa shape index (κ3) is 5.22. The van der Waals surface area contributed by atoms with E-state index in [4.69, 9.17) is 42.1 Å². The summed E-state index contributed by atoms with van der Waals surface area (Å²) in [6.45, 7) is 2.14. The van der Waals surface area contributed by atoms with Gasteiger partial charge in [0.1, 0.15) is 25.6 Å². The van der Waals surface area contributed by atoms with Gasteiger partial charge in [0.2, 0.25) is 5.91 Å². The Kier molecular flexibility index (Phi) is 6.72. The second kappa shape index (κ2) is 9.64. The molecule has 30 heavy (non-hydrogen) atoms. The second-order valence-corrected chi connectivity index (χ2v) is 7.81. The molecule has 2 heterocycles. The summed E-state index contributed by atoms with van der Waals surface area (Å²) in [5.41, 5.74) is 1.08. The first-order valence-corrected chi connectivity index (χ1v) is 10.5. The van der Waals surface area contributed by atoms with Crippen LogP contribution in [-0.2, 0) is 9.53 Å². The number of carbonyl (C=O) groups is 1. The number of hydrogen-bond donors (Lipinski definition) is 2. The number of hydrogen-bond acceptors (Lipinski definition) is 6. The van der Waals surface area contributed by atoms with Crippen LogP contribution in [0, 0.1) is 0 Å². The fraction of sp³-hybridized carbons (Fsp3) is 0.381. The topological polar surface area (TPSA) is 78.1 Å². The van der Waals surface area contributed by atoms with Crippen LogP contribution in [0.1, 0.15) is 12.8 Å². The first-order chi connectivity index (χ1) is 14.6. The van der Waals surface area contributed by atoms with E-state index in [0.29, 0.717) is 58.5 Å². The molecule has 0 spiro atoms. The summed E-state index contributed by atoms with van der Waals surface area (Å²) in [6, 6.07) is 8.52. The average molecular weight is 453 g/mol. The van der Waals surface area contributed by atoms with Crippen molar-refractivity contribution in [3.63, 3.8) is 0 Å². The van der Waals surface area contributed by atoms with Crippen molar-refractivity contribution in [3.8, 4) is 17.2 Å². The largest absolute Gasteiger partial charge is 0.489 e. The predicted molar refractivity (Wildman–Crippen MR) is 115 cm³/mol. The van der Waals surface area contributed by atoms with Gasteiger partial charge in [-0.3, -0.25) is 4.79 Å². The molecule has 1 fully saturated rings. The van der Waals surface area contributed by atoms with Gasteiger partial charge in [0.15, 0.2) is 11.5 Å². The third-order valence-electron chi connectivity index (χ3n) is 4.74. The first kappa shape index (κ1) is 20.9. The van der Waals surface area contributed by atoms with Crippen molar-refractivity contribution in [2.24, 2.45) is 0 Å². The number of nitrogens with one attached hydrogen (secondary N) is 2. The van der Waals surface area contributed by atoms with Crippen molar-refractivity contribution in [1.29, 1.82) is 0 Å². The van der Waals surface area contributed by atoms with E-state index in [-0.39, 0.29) is 18.6 Å². The van der Waals surface area contributed by atoms with Crippen molar-refractivity contribution >= 4 is 40.5 Å². The fourth-order valence-corrected chi connectivity index (χ4v) is 3.63. The Labute approximate surface area is 184 Å². The number of rotatable bonds is 7. The van der Waals surface area contributed by atoms with Crippen LogP contribution in [0.2, 0.25) is 10.0 Å². The molecule has 4 rings (SSSR count). The van der Waals surface area contributed by atoms with E-state index in [1.54, 1.807) is 30.3 Å². The van der Waals surface area contributed by atoms with E-state index < -0.39 is 0 Å². The molecule has 2 aliphatic heterocycles. The highest BCUT2D eigenvalue weighted by Gasteiger charge is 2.18. The number of halogens is 2. The quantitative estimate of drug-likeness (QED) is 0.649. The van der Waals surface area contributed by atoms with E-state index in [0.717, 1.165) is 19.4 Å². The highest BCUT2D eigenvalue weighted by atomic mass is 35.5. The number of amides is 1. The van der Waals surface area contributed by atoms with Gasteiger partial charge < -0.3 is 29.6 Å². The first-order valence-electron chi connectivity index (χ1n) is 9.75. The molecule has 1 unspecified atom stereocenters. The van der Waals surface area contributed by atoms with Crippen molar-refractivity contribution in [1.82, 2.24) is 0 Å². The molecular formula is C21H22Cl2N2O5. The molecule has 0 bridgehead atoms. The van der Waals surface area contributed by atoms with Crippen LogP contribution in [0.15, 0.2) is 30.3 Å². The fourth-order valence-electron chi connectivity index (χ4n) is 3.25. The van der Waals surface area contributed by atoms with Gasteiger partial charge in [-0.1, -0.05) is 23.2 Å².